The molecule has 0 amide bonds. The van der Waals surface area contributed by atoms with Crippen LogP contribution in [0.5, 0.6) is 0 Å². The van der Waals surface area contributed by atoms with Crippen LogP contribution >= 0.6 is 0 Å². The van der Waals surface area contributed by atoms with Gasteiger partial charge in [0.2, 0.25) is 0 Å². The van der Waals surface area contributed by atoms with Crippen molar-refractivity contribution < 1.29 is 4.92 Å². The van der Waals surface area contributed by atoms with Gasteiger partial charge in [-0.1, -0.05) is 18.5 Å². The number of benzene rings is 1. The van der Waals surface area contributed by atoms with Crippen molar-refractivity contribution in [2.75, 3.05) is 0 Å². The molecule has 0 aliphatic heterocycles. The summed E-state index contributed by atoms with van der Waals surface area (Å²) in [5.41, 5.74) is 0.783. The van der Waals surface area contributed by atoms with Gasteiger partial charge in [-0.15, -0.1) is 0 Å². The highest BCUT2D eigenvalue weighted by Gasteiger charge is 2.08. The van der Waals surface area contributed by atoms with Crippen molar-refractivity contribution in [1.29, 1.82) is 0 Å². The number of hydrogen-bond acceptors (Lipinski definition) is 2. The molecule has 0 unspecified atom stereocenters. The summed E-state index contributed by atoms with van der Waals surface area (Å²) in [5, 5.41) is 10.4. The third-order valence-electron chi connectivity index (χ3n) is 1.53. The first-order chi connectivity index (χ1) is 5.65. The van der Waals surface area contributed by atoms with E-state index in [2.05, 4.69) is 0 Å². The SMILES string of the molecule is [B]Cc1ccc([B])c([N+](=O)[O-])c1. The predicted octanol–water partition coefficient (Wildman–Crippen LogP) is 0.0571. The lowest BCUT2D eigenvalue weighted by Crippen LogP contribution is -2.09. The van der Waals surface area contributed by atoms with Crippen LogP contribution < -0.4 is 5.46 Å². The van der Waals surface area contributed by atoms with E-state index >= 15 is 0 Å². The summed E-state index contributed by atoms with van der Waals surface area (Å²) in [6.45, 7) is 0. The Morgan fingerprint density at radius 3 is 2.67 bits per heavy atom. The maximum atomic E-state index is 10.4. The molecule has 0 saturated carbocycles. The van der Waals surface area contributed by atoms with Gasteiger partial charge >= 0.3 is 0 Å². The lowest BCUT2D eigenvalue weighted by Gasteiger charge is -1.99. The summed E-state index contributed by atoms with van der Waals surface area (Å²) < 4.78 is 0. The highest BCUT2D eigenvalue weighted by atomic mass is 16.6. The minimum absolute atomic E-state index is 0.0852. The number of nitrogens with zero attached hydrogens (tertiary/aromatic N) is 1. The van der Waals surface area contributed by atoms with Crippen molar-refractivity contribution in [2.45, 2.75) is 6.32 Å². The summed E-state index contributed by atoms with van der Waals surface area (Å²) in [7, 11) is 10.7. The molecular formula is C7H5B2NO2. The Kier molecular flexibility index (Phi) is 2.53. The first-order valence-electron chi connectivity index (χ1n) is 3.38. The van der Waals surface area contributed by atoms with E-state index in [1.165, 1.54) is 12.1 Å². The van der Waals surface area contributed by atoms with Crippen molar-refractivity contribution in [3.05, 3.63) is 33.9 Å². The minimum atomic E-state index is -0.519. The highest BCUT2D eigenvalue weighted by molar-refractivity contribution is 6.35. The number of nitro benzene ring substituents is 1. The van der Waals surface area contributed by atoms with Gasteiger partial charge in [-0.3, -0.25) is 10.1 Å². The highest BCUT2D eigenvalue weighted by Crippen LogP contribution is 2.09. The van der Waals surface area contributed by atoms with Crippen LogP contribution in [0.1, 0.15) is 5.56 Å². The van der Waals surface area contributed by atoms with Crippen LogP contribution in [0.2, 0.25) is 0 Å². The van der Waals surface area contributed by atoms with Crippen molar-refractivity contribution in [3.63, 3.8) is 0 Å². The molecule has 0 aliphatic rings. The van der Waals surface area contributed by atoms with Gasteiger partial charge in [-0.05, 0) is 11.0 Å². The fourth-order valence-corrected chi connectivity index (χ4v) is 0.874. The van der Waals surface area contributed by atoms with Crippen LogP contribution in [0.15, 0.2) is 18.2 Å². The van der Waals surface area contributed by atoms with E-state index in [1.54, 1.807) is 6.07 Å². The summed E-state index contributed by atoms with van der Waals surface area (Å²) in [4.78, 5) is 9.86. The molecule has 0 bridgehead atoms. The third-order valence-corrected chi connectivity index (χ3v) is 1.53. The normalized spacial score (nSPS) is 9.67. The summed E-state index contributed by atoms with van der Waals surface area (Å²) in [6, 6.07) is 4.54. The van der Waals surface area contributed by atoms with Crippen LogP contribution in [0.25, 0.3) is 0 Å². The molecule has 0 aromatic heterocycles. The average molecular weight is 157 g/mol. The Morgan fingerprint density at radius 2 is 2.17 bits per heavy atom. The summed E-state index contributed by atoms with van der Waals surface area (Å²) in [5.74, 6) is 0. The average Bonchev–Trinajstić information content (AvgIpc) is 2.05. The smallest absolute Gasteiger partial charge is 0.258 e. The second-order valence-electron chi connectivity index (χ2n) is 2.35. The van der Waals surface area contributed by atoms with Crippen LogP contribution in [-0.4, -0.2) is 20.6 Å². The largest absolute Gasteiger partial charge is 0.262 e. The molecule has 0 saturated heterocycles. The minimum Gasteiger partial charge on any atom is -0.258 e. The van der Waals surface area contributed by atoms with E-state index < -0.39 is 4.92 Å². The molecule has 4 radical (unpaired) electrons. The van der Waals surface area contributed by atoms with Crippen molar-refractivity contribution in [3.8, 4) is 0 Å². The molecule has 0 spiro atoms. The fourth-order valence-electron chi connectivity index (χ4n) is 0.874. The van der Waals surface area contributed by atoms with Gasteiger partial charge in [0.05, 0.1) is 12.8 Å². The Balaban J connectivity index is 3.17. The molecule has 0 fully saturated rings. The zero-order valence-corrected chi connectivity index (χ0v) is 6.36. The van der Waals surface area contributed by atoms with E-state index in [1.807, 2.05) is 0 Å². The van der Waals surface area contributed by atoms with E-state index in [9.17, 15) is 10.1 Å². The van der Waals surface area contributed by atoms with Gasteiger partial charge in [0.1, 0.15) is 7.85 Å². The van der Waals surface area contributed by atoms with Crippen LogP contribution in [0.4, 0.5) is 5.69 Å². The molecule has 0 heterocycles. The molecule has 56 valence electrons. The maximum absolute atomic E-state index is 10.4. The lowest BCUT2D eigenvalue weighted by atomic mass is 9.89. The van der Waals surface area contributed by atoms with Gasteiger partial charge in [0.25, 0.3) is 5.69 Å². The Morgan fingerprint density at radius 1 is 1.50 bits per heavy atom. The summed E-state index contributed by atoms with van der Waals surface area (Å²) in [6.07, 6.45) is 0.279. The molecule has 5 heteroatoms. The molecule has 0 aliphatic carbocycles. The zero-order valence-electron chi connectivity index (χ0n) is 6.36. The molecular weight excluding hydrogens is 152 g/mol. The van der Waals surface area contributed by atoms with Gasteiger partial charge in [-0.25, -0.2) is 0 Å². The van der Waals surface area contributed by atoms with Crippen LogP contribution in [0, 0.1) is 10.1 Å². The monoisotopic (exact) mass is 157 g/mol. The van der Waals surface area contributed by atoms with Crippen LogP contribution in [-0.2, 0) is 6.32 Å². The number of rotatable bonds is 2. The molecule has 1 aromatic rings. The number of nitro groups is 1. The standard InChI is InChI=1S/C7H5B2NO2/c8-4-5-1-2-6(9)7(3-5)10(11)12/h1-3H,4H2. The molecule has 1 aromatic carbocycles. The Bertz CT molecular complexity index is 314. The Labute approximate surface area is 72.8 Å². The first-order valence-corrected chi connectivity index (χ1v) is 3.38. The van der Waals surface area contributed by atoms with Gasteiger partial charge in [-0.2, -0.15) is 0 Å². The predicted molar refractivity (Wildman–Crippen MR) is 47.9 cm³/mol. The third kappa shape index (κ3) is 1.67. The van der Waals surface area contributed by atoms with Crippen LogP contribution in [0.3, 0.4) is 0 Å². The van der Waals surface area contributed by atoms with E-state index in [-0.39, 0.29) is 17.5 Å². The van der Waals surface area contributed by atoms with Gasteiger partial charge in [0, 0.05) is 6.07 Å². The summed E-state index contributed by atoms with van der Waals surface area (Å²) >= 11 is 0. The first kappa shape index (κ1) is 8.84. The second kappa shape index (κ2) is 3.43. The van der Waals surface area contributed by atoms with Crippen molar-refractivity contribution >= 4 is 26.8 Å². The van der Waals surface area contributed by atoms with E-state index in [4.69, 9.17) is 15.7 Å². The zero-order chi connectivity index (χ0) is 9.14. The van der Waals surface area contributed by atoms with Crippen molar-refractivity contribution in [2.24, 2.45) is 0 Å². The molecule has 0 atom stereocenters. The second-order valence-corrected chi connectivity index (χ2v) is 2.35. The fraction of sp³-hybridized carbons (Fsp3) is 0.143. The molecule has 1 rings (SSSR count). The Hall–Kier alpha value is -1.25. The maximum Gasteiger partial charge on any atom is 0.262 e. The van der Waals surface area contributed by atoms with E-state index in [0.29, 0.717) is 5.56 Å². The molecule has 12 heavy (non-hydrogen) atoms. The van der Waals surface area contributed by atoms with Crippen molar-refractivity contribution in [1.82, 2.24) is 0 Å². The number of hydrogen-bond donors (Lipinski definition) is 0. The van der Waals surface area contributed by atoms with Gasteiger partial charge in [0.15, 0.2) is 0 Å². The van der Waals surface area contributed by atoms with E-state index in [0.717, 1.165) is 0 Å². The molecule has 0 N–H and O–H groups in total. The lowest BCUT2D eigenvalue weighted by molar-refractivity contribution is -0.383. The van der Waals surface area contributed by atoms with Gasteiger partial charge < -0.3 is 0 Å². The topological polar surface area (TPSA) is 43.1 Å². The quantitative estimate of drug-likeness (QED) is 0.345. The molecule has 3 nitrogen and oxygen atoms in total.